The Labute approximate surface area is 197 Å². The van der Waals surface area contributed by atoms with E-state index in [0.717, 1.165) is 4.88 Å². The van der Waals surface area contributed by atoms with Crippen LogP contribution in [-0.2, 0) is 11.2 Å². The van der Waals surface area contributed by atoms with E-state index in [1.165, 1.54) is 41.8 Å². The molecule has 0 atom stereocenters. The van der Waals surface area contributed by atoms with E-state index in [1.54, 1.807) is 25.3 Å². The molecule has 172 valence electrons. The molecule has 1 aromatic carbocycles. The van der Waals surface area contributed by atoms with Crippen molar-refractivity contribution in [3.05, 3.63) is 76.4 Å². The van der Waals surface area contributed by atoms with Gasteiger partial charge in [0.1, 0.15) is 17.1 Å². The van der Waals surface area contributed by atoms with Crippen LogP contribution in [-0.4, -0.2) is 31.8 Å². The summed E-state index contributed by atoms with van der Waals surface area (Å²) in [5.74, 6) is -1.43. The molecule has 34 heavy (non-hydrogen) atoms. The zero-order valence-electron chi connectivity index (χ0n) is 18.2. The number of anilines is 1. The number of amides is 2. The molecule has 0 fully saturated rings. The highest BCUT2D eigenvalue weighted by molar-refractivity contribution is 7.16. The van der Waals surface area contributed by atoms with Crippen LogP contribution in [0.25, 0.3) is 11.4 Å². The normalized spacial score (nSPS) is 10.7. The Morgan fingerprint density at radius 1 is 1.12 bits per heavy atom. The molecule has 3 aromatic heterocycles. The Balaban J connectivity index is 1.44. The quantitative estimate of drug-likeness (QED) is 0.412. The molecule has 0 saturated heterocycles. The first-order valence-corrected chi connectivity index (χ1v) is 10.9. The van der Waals surface area contributed by atoms with Crippen LogP contribution in [0.15, 0.2) is 48.8 Å². The van der Waals surface area contributed by atoms with Crippen LogP contribution < -0.4 is 15.8 Å². The number of nitrogens with zero attached hydrogens (tertiary/aromatic N) is 4. The summed E-state index contributed by atoms with van der Waals surface area (Å²) in [5.41, 5.74) is 7.09. The van der Waals surface area contributed by atoms with Crippen molar-refractivity contribution in [2.24, 2.45) is 5.73 Å². The minimum Gasteiger partial charge on any atom is -0.435 e. The van der Waals surface area contributed by atoms with Crippen molar-refractivity contribution in [1.29, 1.82) is 0 Å². The maximum absolute atomic E-state index is 14.6. The second-order valence-electron chi connectivity index (χ2n) is 7.23. The molecule has 0 unspecified atom stereocenters. The van der Waals surface area contributed by atoms with Crippen LogP contribution in [0, 0.1) is 19.7 Å². The third-order valence-corrected chi connectivity index (χ3v) is 5.55. The van der Waals surface area contributed by atoms with Gasteiger partial charge in [-0.15, -0.1) is 11.3 Å². The fourth-order valence-corrected chi connectivity index (χ4v) is 3.96. The molecule has 0 bridgehead atoms. The van der Waals surface area contributed by atoms with Gasteiger partial charge in [-0.05, 0) is 49.7 Å². The van der Waals surface area contributed by atoms with E-state index in [4.69, 9.17) is 10.5 Å². The summed E-state index contributed by atoms with van der Waals surface area (Å²) < 4.78 is 20.0. The van der Waals surface area contributed by atoms with E-state index in [0.29, 0.717) is 27.9 Å². The maximum atomic E-state index is 14.6. The van der Waals surface area contributed by atoms with Crippen molar-refractivity contribution < 1.29 is 18.7 Å². The third kappa shape index (κ3) is 5.21. The molecule has 0 aliphatic heterocycles. The molecule has 0 saturated carbocycles. The smallest absolute Gasteiger partial charge is 0.254 e. The van der Waals surface area contributed by atoms with Gasteiger partial charge in [-0.1, -0.05) is 6.07 Å². The molecule has 0 aliphatic rings. The lowest BCUT2D eigenvalue weighted by molar-refractivity contribution is -0.115. The number of hydrogen-bond acceptors (Lipinski definition) is 8. The number of aryl methyl sites for hydroxylation is 2. The van der Waals surface area contributed by atoms with E-state index in [1.807, 2.05) is 6.92 Å². The number of hydrogen-bond donors (Lipinski definition) is 2. The number of carbonyl (C=O) groups excluding carboxylic acids is 2. The number of rotatable bonds is 7. The molecule has 0 radical (unpaired) electrons. The molecule has 4 aromatic rings. The van der Waals surface area contributed by atoms with Gasteiger partial charge in [-0.2, -0.15) is 0 Å². The monoisotopic (exact) mass is 478 g/mol. The van der Waals surface area contributed by atoms with Crippen molar-refractivity contribution in [2.45, 2.75) is 20.3 Å². The predicted molar refractivity (Wildman–Crippen MR) is 124 cm³/mol. The van der Waals surface area contributed by atoms with Crippen LogP contribution in [0.5, 0.6) is 11.6 Å². The first-order valence-electron chi connectivity index (χ1n) is 10.1. The van der Waals surface area contributed by atoms with Crippen molar-refractivity contribution in [1.82, 2.24) is 19.9 Å². The van der Waals surface area contributed by atoms with Gasteiger partial charge in [-0.3, -0.25) is 9.59 Å². The van der Waals surface area contributed by atoms with Crippen LogP contribution in [0.4, 0.5) is 9.52 Å². The standard InChI is InChI=1S/C23H19FN6O3S/c1-12-20(17-7-9-26-13(2)28-17)30-23(34-12)29-19(31)11-14-5-6-18(16(24)10-14)33-22-15(21(25)32)4-3-8-27-22/h3-10H,11H2,1-2H3,(H2,25,32)(H,29,30,31). The number of carbonyl (C=O) groups is 2. The number of nitrogens with one attached hydrogen (secondary N) is 1. The molecule has 0 spiro atoms. The van der Waals surface area contributed by atoms with Gasteiger partial charge in [0.05, 0.1) is 12.1 Å². The van der Waals surface area contributed by atoms with E-state index in [9.17, 15) is 14.0 Å². The molecule has 3 heterocycles. The molecular weight excluding hydrogens is 459 g/mol. The number of pyridine rings is 1. The second kappa shape index (κ2) is 9.71. The van der Waals surface area contributed by atoms with Crippen molar-refractivity contribution >= 4 is 28.3 Å². The van der Waals surface area contributed by atoms with Gasteiger partial charge in [0.25, 0.3) is 5.91 Å². The first-order chi connectivity index (χ1) is 16.3. The van der Waals surface area contributed by atoms with Crippen LogP contribution in [0.2, 0.25) is 0 Å². The number of primary amides is 1. The average molecular weight is 479 g/mol. The van der Waals surface area contributed by atoms with Gasteiger partial charge in [0, 0.05) is 17.3 Å². The number of ether oxygens (including phenoxy) is 1. The Kier molecular flexibility index (Phi) is 6.55. The minimum absolute atomic E-state index is 0.0283. The number of nitrogens with two attached hydrogens (primary N) is 1. The average Bonchev–Trinajstić information content (AvgIpc) is 3.15. The summed E-state index contributed by atoms with van der Waals surface area (Å²) >= 11 is 1.32. The zero-order valence-corrected chi connectivity index (χ0v) is 19.0. The van der Waals surface area contributed by atoms with Crippen molar-refractivity contribution in [3.8, 4) is 23.0 Å². The number of benzene rings is 1. The lowest BCUT2D eigenvalue weighted by Gasteiger charge is -2.09. The number of thiazole rings is 1. The van der Waals surface area contributed by atoms with Crippen LogP contribution in [0.3, 0.4) is 0 Å². The summed E-state index contributed by atoms with van der Waals surface area (Å²) in [6, 6.07) is 8.80. The molecule has 2 amide bonds. The largest absolute Gasteiger partial charge is 0.435 e. The highest BCUT2D eigenvalue weighted by Gasteiger charge is 2.16. The van der Waals surface area contributed by atoms with Gasteiger partial charge in [-0.25, -0.2) is 24.3 Å². The highest BCUT2D eigenvalue weighted by Crippen LogP contribution is 2.30. The Morgan fingerprint density at radius 3 is 2.68 bits per heavy atom. The van der Waals surface area contributed by atoms with E-state index in [-0.39, 0.29) is 29.5 Å². The second-order valence-corrected chi connectivity index (χ2v) is 8.43. The first kappa shape index (κ1) is 22.9. The van der Waals surface area contributed by atoms with Gasteiger partial charge in [0.2, 0.25) is 11.8 Å². The minimum atomic E-state index is -0.743. The summed E-state index contributed by atoms with van der Waals surface area (Å²) in [6.45, 7) is 3.68. The molecule has 4 rings (SSSR count). The van der Waals surface area contributed by atoms with Gasteiger partial charge < -0.3 is 15.8 Å². The van der Waals surface area contributed by atoms with Gasteiger partial charge >= 0.3 is 0 Å². The SMILES string of the molecule is Cc1nccc(-c2nc(NC(=O)Cc3ccc(Oc4ncccc4C(N)=O)c(F)c3)sc2C)n1. The van der Waals surface area contributed by atoms with Crippen LogP contribution >= 0.6 is 11.3 Å². The van der Waals surface area contributed by atoms with E-state index in [2.05, 4.69) is 25.3 Å². The predicted octanol–water partition coefficient (Wildman–Crippen LogP) is 3.82. The molecule has 11 heteroatoms. The van der Waals surface area contributed by atoms with Gasteiger partial charge in [0.15, 0.2) is 16.7 Å². The molecule has 0 aliphatic carbocycles. The summed E-state index contributed by atoms with van der Waals surface area (Å²) in [4.78, 5) is 41.7. The van der Waals surface area contributed by atoms with E-state index < -0.39 is 11.7 Å². The maximum Gasteiger partial charge on any atom is 0.254 e. The molecular formula is C23H19FN6O3S. The zero-order chi connectivity index (χ0) is 24.2. The molecule has 3 N–H and O–H groups in total. The summed E-state index contributed by atoms with van der Waals surface area (Å²) in [5, 5.41) is 3.16. The van der Waals surface area contributed by atoms with Crippen molar-refractivity contribution in [2.75, 3.05) is 5.32 Å². The summed E-state index contributed by atoms with van der Waals surface area (Å²) in [6.07, 6.45) is 2.98. The van der Waals surface area contributed by atoms with E-state index >= 15 is 0 Å². The Bertz CT molecular complexity index is 1390. The summed E-state index contributed by atoms with van der Waals surface area (Å²) in [7, 11) is 0. The lowest BCUT2D eigenvalue weighted by Crippen LogP contribution is -2.14. The fourth-order valence-electron chi connectivity index (χ4n) is 3.13. The third-order valence-electron chi connectivity index (χ3n) is 4.67. The fraction of sp³-hybridized carbons (Fsp3) is 0.130. The highest BCUT2D eigenvalue weighted by atomic mass is 32.1. The topological polar surface area (TPSA) is 133 Å². The Hall–Kier alpha value is -4.25. The molecule has 9 nitrogen and oxygen atoms in total. The number of halogens is 1. The lowest BCUT2D eigenvalue weighted by atomic mass is 10.1. The van der Waals surface area contributed by atoms with Crippen molar-refractivity contribution in [3.63, 3.8) is 0 Å². The number of aromatic nitrogens is 4. The Morgan fingerprint density at radius 2 is 1.94 bits per heavy atom. The van der Waals surface area contributed by atoms with Crippen LogP contribution in [0.1, 0.15) is 26.6 Å².